The zero-order valence-corrected chi connectivity index (χ0v) is 27.1. The average molecular weight is 662 g/mol. The second-order valence-electron chi connectivity index (χ2n) is 13.2. The number of urea groups is 1. The molecule has 6 rings (SSSR count). The minimum absolute atomic E-state index is 0.166. The molecule has 0 saturated carbocycles. The Bertz CT molecular complexity index is 1790. The molecule has 0 radical (unpaired) electrons. The molecule has 1 atom stereocenters. The molecule has 2 aliphatic heterocycles. The van der Waals surface area contributed by atoms with E-state index in [4.69, 9.17) is 14.1 Å². The number of piperidine rings is 1. The van der Waals surface area contributed by atoms with Crippen LogP contribution in [0.1, 0.15) is 64.0 Å². The van der Waals surface area contributed by atoms with E-state index in [1.54, 1.807) is 23.2 Å². The molecule has 1 fully saturated rings. The number of unbranched alkanes of at least 4 members (excludes halogenated alkanes) is 1. The summed E-state index contributed by atoms with van der Waals surface area (Å²) in [6, 6.07) is 13.7. The van der Waals surface area contributed by atoms with Crippen LogP contribution >= 0.6 is 0 Å². The molecule has 4 heterocycles. The number of alkyl halides is 3. The van der Waals surface area contributed by atoms with Crippen molar-refractivity contribution in [2.24, 2.45) is 0 Å². The van der Waals surface area contributed by atoms with Crippen molar-refractivity contribution in [1.29, 1.82) is 0 Å². The normalized spacial score (nSPS) is 16.0. The average Bonchev–Trinajstić information content (AvgIpc) is 3.57. The smallest absolute Gasteiger partial charge is 0.416 e. The van der Waals surface area contributed by atoms with E-state index in [-0.39, 0.29) is 18.0 Å². The van der Waals surface area contributed by atoms with E-state index in [0.717, 1.165) is 54.8 Å². The number of hydrogen-bond acceptors (Lipinski definition) is 7. The number of carbonyl (C=O) groups excluding carboxylic acids is 2. The molecule has 9 nitrogen and oxygen atoms in total. The molecule has 1 saturated heterocycles. The number of oxazole rings is 1. The molecule has 0 aliphatic carbocycles. The predicted octanol–water partition coefficient (Wildman–Crippen LogP) is 8.50. The molecule has 2 amide bonds. The Labute approximate surface area is 277 Å². The summed E-state index contributed by atoms with van der Waals surface area (Å²) in [5.41, 5.74) is 2.35. The molecular formula is C36H38F3N5O4. The maximum Gasteiger partial charge on any atom is 0.416 e. The number of hydrogen-bond donors (Lipinski definition) is 1. The van der Waals surface area contributed by atoms with Gasteiger partial charge in [0, 0.05) is 36.3 Å². The number of aryl methyl sites for hydroxylation is 1. The molecule has 2 bridgehead atoms. The maximum absolute atomic E-state index is 14.1. The summed E-state index contributed by atoms with van der Waals surface area (Å²) >= 11 is 0. The van der Waals surface area contributed by atoms with Crippen molar-refractivity contribution >= 4 is 29.2 Å². The lowest BCUT2D eigenvalue weighted by Crippen LogP contribution is -2.56. The van der Waals surface area contributed by atoms with Gasteiger partial charge in [-0.15, -0.1) is 0 Å². The Morgan fingerprint density at radius 2 is 1.88 bits per heavy atom. The monoisotopic (exact) mass is 661 g/mol. The number of anilines is 3. The van der Waals surface area contributed by atoms with Gasteiger partial charge < -0.3 is 19.4 Å². The van der Waals surface area contributed by atoms with Gasteiger partial charge in [0.2, 0.25) is 0 Å². The lowest BCUT2D eigenvalue weighted by Gasteiger charge is -2.46. The van der Waals surface area contributed by atoms with Gasteiger partial charge in [0.1, 0.15) is 5.60 Å². The summed E-state index contributed by atoms with van der Waals surface area (Å²) in [5, 5.41) is 3.06. The van der Waals surface area contributed by atoms with Crippen LogP contribution in [0.25, 0.3) is 22.6 Å². The van der Waals surface area contributed by atoms with E-state index in [1.165, 1.54) is 12.5 Å². The first-order valence-corrected chi connectivity index (χ1v) is 16.1. The van der Waals surface area contributed by atoms with E-state index < -0.39 is 17.3 Å². The quantitative estimate of drug-likeness (QED) is 0.149. The third-order valence-electron chi connectivity index (χ3n) is 8.37. The number of esters is 1. The third-order valence-corrected chi connectivity index (χ3v) is 8.37. The van der Waals surface area contributed by atoms with Crippen LogP contribution in [-0.2, 0) is 22.1 Å². The fourth-order valence-corrected chi connectivity index (χ4v) is 6.28. The Kier molecular flexibility index (Phi) is 9.18. The van der Waals surface area contributed by atoms with Gasteiger partial charge in [0.25, 0.3) is 0 Å². The van der Waals surface area contributed by atoms with Crippen LogP contribution in [0, 0.1) is 0 Å². The first kappa shape index (κ1) is 33.0. The molecule has 2 aliphatic rings. The fraction of sp³-hybridized carbons (Fsp3) is 0.389. The Balaban J connectivity index is 1.26. The molecule has 1 unspecified atom stereocenters. The molecule has 1 N–H and O–H groups in total. The van der Waals surface area contributed by atoms with Crippen LogP contribution in [0.2, 0.25) is 0 Å². The van der Waals surface area contributed by atoms with E-state index in [9.17, 15) is 22.8 Å². The number of nitrogens with one attached hydrogen (secondary N) is 1. The van der Waals surface area contributed by atoms with Crippen molar-refractivity contribution in [3.8, 4) is 22.6 Å². The fourth-order valence-electron chi connectivity index (χ4n) is 6.28. The number of nitrogens with zero attached hydrogens (tertiary/aromatic N) is 4. The van der Waals surface area contributed by atoms with E-state index in [2.05, 4.69) is 15.2 Å². The number of fused-ring (bicyclic) bond motifs is 4. The highest BCUT2D eigenvalue weighted by molar-refractivity contribution is 6.05. The lowest BCUT2D eigenvalue weighted by atomic mass is 9.99. The molecule has 4 aromatic rings. The number of aromatic nitrogens is 2. The number of amides is 2. The largest absolute Gasteiger partial charge is 0.460 e. The van der Waals surface area contributed by atoms with Crippen molar-refractivity contribution < 1.29 is 31.9 Å². The minimum Gasteiger partial charge on any atom is -0.460 e. The summed E-state index contributed by atoms with van der Waals surface area (Å²) in [6.45, 7) is 6.96. The summed E-state index contributed by atoms with van der Waals surface area (Å²) in [7, 11) is 0. The number of pyridine rings is 1. The summed E-state index contributed by atoms with van der Waals surface area (Å²) in [4.78, 5) is 39.0. The standard InChI is InChI=1S/C36H38F3N5O4/c1-35(2,3)48-32(45)12-5-4-8-23-16-25(31-20-40-22-47-31)19-27(17-23)41-34(46)44-28-11-7-15-43(21-28)30-14-13-29(42-33(30)44)24-9-6-10-26(18-24)36(37,38)39/h6,9-10,13-14,16-20,22,28H,4-5,7-8,11-12,15,21H2,1-3H3,(H,41,46). The van der Waals surface area contributed by atoms with E-state index in [1.807, 2.05) is 45.0 Å². The van der Waals surface area contributed by atoms with E-state index >= 15 is 0 Å². The number of halogens is 3. The SMILES string of the molecule is CC(C)(C)OC(=O)CCCCc1cc(NC(=O)N2c3nc(-c4cccc(C(F)(F)F)c4)ccc3N3CCCC2C3)cc(-c2cnco2)c1. The topological polar surface area (TPSA) is 101 Å². The van der Waals surface area contributed by atoms with Gasteiger partial charge in [-0.05, 0) is 101 Å². The summed E-state index contributed by atoms with van der Waals surface area (Å²) in [6.07, 6.45) is 2.44. The number of benzene rings is 2. The molecular weight excluding hydrogens is 623 g/mol. The summed E-state index contributed by atoms with van der Waals surface area (Å²) in [5.74, 6) is 0.714. The van der Waals surface area contributed by atoms with Gasteiger partial charge in [-0.1, -0.05) is 12.1 Å². The second-order valence-corrected chi connectivity index (χ2v) is 13.2. The highest BCUT2D eigenvalue weighted by atomic mass is 19.4. The Morgan fingerprint density at radius 1 is 1.04 bits per heavy atom. The first-order chi connectivity index (χ1) is 22.8. The molecule has 252 valence electrons. The molecule has 2 aromatic carbocycles. The van der Waals surface area contributed by atoms with Crippen molar-refractivity contribution in [3.63, 3.8) is 0 Å². The maximum atomic E-state index is 14.1. The van der Waals surface area contributed by atoms with Gasteiger partial charge in [0.15, 0.2) is 18.0 Å². The van der Waals surface area contributed by atoms with Crippen molar-refractivity contribution in [2.75, 3.05) is 28.2 Å². The summed E-state index contributed by atoms with van der Waals surface area (Å²) < 4.78 is 51.4. The van der Waals surface area contributed by atoms with Crippen molar-refractivity contribution in [3.05, 3.63) is 78.3 Å². The van der Waals surface area contributed by atoms with Crippen molar-refractivity contribution in [2.45, 2.75) is 77.1 Å². The van der Waals surface area contributed by atoms with Crippen LogP contribution in [0.15, 0.2) is 71.6 Å². The van der Waals surface area contributed by atoms with Crippen LogP contribution in [0.3, 0.4) is 0 Å². The third kappa shape index (κ3) is 7.64. The zero-order valence-electron chi connectivity index (χ0n) is 27.1. The zero-order chi connectivity index (χ0) is 34.1. The van der Waals surface area contributed by atoms with Crippen LogP contribution < -0.4 is 15.1 Å². The second kappa shape index (κ2) is 13.3. The molecule has 0 spiro atoms. The van der Waals surface area contributed by atoms with Gasteiger partial charge in [-0.3, -0.25) is 9.69 Å². The number of carbonyl (C=O) groups is 2. The minimum atomic E-state index is -4.49. The lowest BCUT2D eigenvalue weighted by molar-refractivity contribution is -0.155. The highest BCUT2D eigenvalue weighted by Crippen LogP contribution is 2.40. The number of ether oxygens (including phenoxy) is 1. The Morgan fingerprint density at radius 3 is 2.62 bits per heavy atom. The van der Waals surface area contributed by atoms with Crippen LogP contribution in [0.5, 0.6) is 0 Å². The molecule has 12 heteroatoms. The molecule has 48 heavy (non-hydrogen) atoms. The van der Waals surface area contributed by atoms with Gasteiger partial charge >= 0.3 is 18.2 Å². The highest BCUT2D eigenvalue weighted by Gasteiger charge is 2.38. The number of rotatable bonds is 8. The molecule has 2 aromatic heterocycles. The van der Waals surface area contributed by atoms with E-state index in [0.29, 0.717) is 54.3 Å². The van der Waals surface area contributed by atoms with Gasteiger partial charge in [-0.2, -0.15) is 13.2 Å². The predicted molar refractivity (Wildman–Crippen MR) is 177 cm³/mol. The van der Waals surface area contributed by atoms with Gasteiger partial charge in [-0.25, -0.2) is 14.8 Å². The van der Waals surface area contributed by atoms with Crippen molar-refractivity contribution in [1.82, 2.24) is 9.97 Å². The Hall–Kier alpha value is -4.87. The van der Waals surface area contributed by atoms with Crippen LogP contribution in [-0.4, -0.2) is 46.7 Å². The van der Waals surface area contributed by atoms with Gasteiger partial charge in [0.05, 0.1) is 29.2 Å². The first-order valence-electron chi connectivity index (χ1n) is 16.1. The van der Waals surface area contributed by atoms with Crippen LogP contribution in [0.4, 0.5) is 35.2 Å².